The second-order valence-corrected chi connectivity index (χ2v) is 5.67. The van der Waals surface area contributed by atoms with Gasteiger partial charge in [-0.2, -0.15) is 0 Å². The predicted molar refractivity (Wildman–Crippen MR) is 98.7 cm³/mol. The maximum atomic E-state index is 10.1. The van der Waals surface area contributed by atoms with Gasteiger partial charge < -0.3 is 28.8 Å². The van der Waals surface area contributed by atoms with Crippen molar-refractivity contribution in [1.82, 2.24) is 0 Å². The third-order valence-electron chi connectivity index (χ3n) is 4.39. The Labute approximate surface area is 154 Å². The van der Waals surface area contributed by atoms with Gasteiger partial charge in [-0.15, -0.1) is 0 Å². The molecule has 0 amide bonds. The molecule has 0 aliphatic rings. The van der Waals surface area contributed by atoms with E-state index in [1.165, 1.54) is 0 Å². The Morgan fingerprint density at radius 1 is 0.692 bits per heavy atom. The van der Waals surface area contributed by atoms with E-state index in [4.69, 9.17) is 23.7 Å². The third kappa shape index (κ3) is 4.03. The molecule has 0 bridgehead atoms. The predicted octanol–water partition coefficient (Wildman–Crippen LogP) is 3.18. The van der Waals surface area contributed by atoms with Crippen molar-refractivity contribution >= 4 is 0 Å². The van der Waals surface area contributed by atoms with Crippen molar-refractivity contribution in [3.05, 3.63) is 47.5 Å². The van der Waals surface area contributed by atoms with E-state index >= 15 is 0 Å². The van der Waals surface area contributed by atoms with Gasteiger partial charge in [0.1, 0.15) is 0 Å². The molecule has 6 nitrogen and oxygen atoms in total. The van der Waals surface area contributed by atoms with E-state index in [2.05, 4.69) is 0 Å². The fourth-order valence-electron chi connectivity index (χ4n) is 3.02. The Bertz CT molecular complexity index is 654. The Morgan fingerprint density at radius 3 is 1.58 bits per heavy atom. The van der Waals surface area contributed by atoms with Gasteiger partial charge in [-0.05, 0) is 35.4 Å². The first kappa shape index (κ1) is 19.9. The SMILES string of the molecule is COc1ccc([C@@H](CO)[C@@H](OC)c2ccc(OC)c(OC)c2)cc1OC. The highest BCUT2D eigenvalue weighted by atomic mass is 16.5. The van der Waals surface area contributed by atoms with E-state index in [1.54, 1.807) is 35.5 Å². The number of rotatable bonds is 9. The van der Waals surface area contributed by atoms with Crippen LogP contribution in [0.15, 0.2) is 36.4 Å². The summed E-state index contributed by atoms with van der Waals surface area (Å²) in [5, 5.41) is 10.1. The lowest BCUT2D eigenvalue weighted by molar-refractivity contribution is 0.0563. The highest BCUT2D eigenvalue weighted by Crippen LogP contribution is 2.39. The molecular formula is C20H26O6. The van der Waals surface area contributed by atoms with Gasteiger partial charge in [0.05, 0.1) is 41.2 Å². The summed E-state index contributed by atoms with van der Waals surface area (Å²) in [6.45, 7) is -0.0949. The maximum Gasteiger partial charge on any atom is 0.161 e. The lowest BCUT2D eigenvalue weighted by Crippen LogP contribution is -2.17. The summed E-state index contributed by atoms with van der Waals surface area (Å²) in [5.41, 5.74) is 1.76. The average Bonchev–Trinajstić information content (AvgIpc) is 2.70. The first-order valence-electron chi connectivity index (χ1n) is 8.20. The highest BCUT2D eigenvalue weighted by Gasteiger charge is 2.26. The largest absolute Gasteiger partial charge is 0.493 e. The molecule has 0 saturated heterocycles. The van der Waals surface area contributed by atoms with Gasteiger partial charge >= 0.3 is 0 Å². The summed E-state index contributed by atoms with van der Waals surface area (Å²) in [6, 6.07) is 11.2. The monoisotopic (exact) mass is 362 g/mol. The zero-order chi connectivity index (χ0) is 19.1. The molecule has 0 heterocycles. The number of methoxy groups -OCH3 is 5. The van der Waals surface area contributed by atoms with Crippen LogP contribution in [0.25, 0.3) is 0 Å². The van der Waals surface area contributed by atoms with Crippen LogP contribution in [0.5, 0.6) is 23.0 Å². The van der Waals surface area contributed by atoms with Crippen molar-refractivity contribution < 1.29 is 28.8 Å². The first-order chi connectivity index (χ1) is 12.6. The van der Waals surface area contributed by atoms with E-state index in [9.17, 15) is 5.11 Å². The van der Waals surface area contributed by atoms with E-state index in [1.807, 2.05) is 36.4 Å². The van der Waals surface area contributed by atoms with Crippen molar-refractivity contribution in [3.63, 3.8) is 0 Å². The van der Waals surface area contributed by atoms with Crippen LogP contribution >= 0.6 is 0 Å². The number of aliphatic hydroxyl groups is 1. The summed E-state index contributed by atoms with van der Waals surface area (Å²) in [7, 11) is 7.96. The van der Waals surface area contributed by atoms with Crippen molar-refractivity contribution in [3.8, 4) is 23.0 Å². The van der Waals surface area contributed by atoms with Gasteiger partial charge in [-0.25, -0.2) is 0 Å². The molecule has 0 saturated carbocycles. The quantitative estimate of drug-likeness (QED) is 0.739. The fourth-order valence-corrected chi connectivity index (χ4v) is 3.02. The molecule has 0 fully saturated rings. The number of hydrogen-bond acceptors (Lipinski definition) is 6. The summed E-state index contributed by atoms with van der Waals surface area (Å²) in [6.07, 6.45) is -0.377. The Hall–Kier alpha value is -2.44. The molecule has 0 aliphatic carbocycles. The van der Waals surface area contributed by atoms with Crippen LogP contribution in [0.1, 0.15) is 23.1 Å². The van der Waals surface area contributed by atoms with Crippen LogP contribution < -0.4 is 18.9 Å². The minimum Gasteiger partial charge on any atom is -0.493 e. The average molecular weight is 362 g/mol. The Kier molecular flexibility index (Phi) is 7.12. The van der Waals surface area contributed by atoms with Crippen molar-refractivity contribution in [2.75, 3.05) is 42.2 Å². The molecule has 142 valence electrons. The van der Waals surface area contributed by atoms with E-state index < -0.39 is 0 Å². The lowest BCUT2D eigenvalue weighted by atomic mass is 9.89. The molecule has 6 heteroatoms. The normalized spacial score (nSPS) is 13.0. The van der Waals surface area contributed by atoms with E-state index in [-0.39, 0.29) is 18.6 Å². The second kappa shape index (κ2) is 9.31. The van der Waals surface area contributed by atoms with Crippen LogP contribution in [0.4, 0.5) is 0 Å². The first-order valence-corrected chi connectivity index (χ1v) is 8.20. The molecular weight excluding hydrogens is 336 g/mol. The van der Waals surface area contributed by atoms with Crippen LogP contribution in [0, 0.1) is 0 Å². The smallest absolute Gasteiger partial charge is 0.161 e. The highest BCUT2D eigenvalue weighted by molar-refractivity contribution is 5.46. The third-order valence-corrected chi connectivity index (χ3v) is 4.39. The zero-order valence-electron chi connectivity index (χ0n) is 15.8. The van der Waals surface area contributed by atoms with Gasteiger partial charge in [0.25, 0.3) is 0 Å². The molecule has 26 heavy (non-hydrogen) atoms. The lowest BCUT2D eigenvalue weighted by Gasteiger charge is -2.26. The molecule has 0 aliphatic heterocycles. The van der Waals surface area contributed by atoms with Gasteiger partial charge in [-0.1, -0.05) is 12.1 Å². The van der Waals surface area contributed by atoms with Crippen LogP contribution in [-0.4, -0.2) is 47.3 Å². The topological polar surface area (TPSA) is 66.4 Å². The van der Waals surface area contributed by atoms with Crippen molar-refractivity contribution in [2.45, 2.75) is 12.0 Å². The van der Waals surface area contributed by atoms with Gasteiger partial charge in [0.2, 0.25) is 0 Å². The Morgan fingerprint density at radius 2 is 1.15 bits per heavy atom. The molecule has 0 spiro atoms. The molecule has 2 aromatic carbocycles. The van der Waals surface area contributed by atoms with Crippen LogP contribution in [0.3, 0.4) is 0 Å². The van der Waals surface area contributed by atoms with Gasteiger partial charge in [0.15, 0.2) is 23.0 Å². The van der Waals surface area contributed by atoms with Crippen LogP contribution in [0.2, 0.25) is 0 Å². The zero-order valence-corrected chi connectivity index (χ0v) is 15.8. The van der Waals surface area contributed by atoms with Gasteiger partial charge in [-0.3, -0.25) is 0 Å². The van der Waals surface area contributed by atoms with Crippen LogP contribution in [-0.2, 0) is 4.74 Å². The Balaban J connectivity index is 2.43. The molecule has 1 N–H and O–H groups in total. The van der Waals surface area contributed by atoms with E-state index in [0.29, 0.717) is 23.0 Å². The molecule has 2 aromatic rings. The summed E-state index contributed by atoms with van der Waals surface area (Å²) < 4.78 is 27.0. The minimum absolute atomic E-state index is 0.0949. The second-order valence-electron chi connectivity index (χ2n) is 5.67. The molecule has 0 aromatic heterocycles. The standard InChI is InChI=1S/C20H26O6/c1-22-16-8-6-13(10-18(16)24-3)15(12-21)20(26-5)14-7-9-17(23-2)19(11-14)25-4/h6-11,15,20-21H,12H2,1-5H3/t15-,20+/m1/s1. The minimum atomic E-state index is -0.377. The number of ether oxygens (including phenoxy) is 5. The molecule has 0 unspecified atom stereocenters. The molecule has 2 rings (SSSR count). The summed E-state index contributed by atoms with van der Waals surface area (Å²) in [5.74, 6) is 2.19. The van der Waals surface area contributed by atoms with E-state index in [0.717, 1.165) is 11.1 Å². The van der Waals surface area contributed by atoms with Crippen molar-refractivity contribution in [2.24, 2.45) is 0 Å². The number of benzene rings is 2. The van der Waals surface area contributed by atoms with Gasteiger partial charge in [0, 0.05) is 13.0 Å². The summed E-state index contributed by atoms with van der Waals surface area (Å²) in [4.78, 5) is 0. The maximum absolute atomic E-state index is 10.1. The fraction of sp³-hybridized carbons (Fsp3) is 0.400. The molecule has 2 atom stereocenters. The summed E-state index contributed by atoms with van der Waals surface area (Å²) >= 11 is 0. The molecule has 0 radical (unpaired) electrons. The number of aliphatic hydroxyl groups excluding tert-OH is 1. The van der Waals surface area contributed by atoms with Crippen molar-refractivity contribution in [1.29, 1.82) is 0 Å². The number of hydrogen-bond donors (Lipinski definition) is 1.